The molecule has 0 unspecified atom stereocenters. The van der Waals surface area contributed by atoms with E-state index in [2.05, 4.69) is 17.3 Å². The zero-order valence-electron chi connectivity index (χ0n) is 14.5. The van der Waals surface area contributed by atoms with E-state index in [-0.39, 0.29) is 5.91 Å². The van der Waals surface area contributed by atoms with E-state index in [0.717, 1.165) is 19.5 Å². The summed E-state index contributed by atoms with van der Waals surface area (Å²) in [7, 11) is 3.72. The predicted molar refractivity (Wildman–Crippen MR) is 91.2 cm³/mol. The summed E-state index contributed by atoms with van der Waals surface area (Å²) in [6.45, 7) is 3.97. The predicted octanol–water partition coefficient (Wildman–Crippen LogP) is 1.93. The smallest absolute Gasteiger partial charge is 0.251 e. The van der Waals surface area contributed by atoms with E-state index in [1.165, 1.54) is 12.8 Å². The molecule has 1 N–H and O–H groups in total. The number of carbonyl (C=O) groups excluding carboxylic acids is 1. The summed E-state index contributed by atoms with van der Waals surface area (Å²) >= 11 is 0. The molecular formula is C18H26N2O4. The molecule has 6 nitrogen and oxygen atoms in total. The van der Waals surface area contributed by atoms with Crippen molar-refractivity contribution in [3.8, 4) is 17.2 Å². The van der Waals surface area contributed by atoms with Gasteiger partial charge in [-0.15, -0.1) is 0 Å². The number of nitrogens with zero attached hydrogens (tertiary/aromatic N) is 1. The molecule has 0 spiro atoms. The molecule has 24 heavy (non-hydrogen) atoms. The summed E-state index contributed by atoms with van der Waals surface area (Å²) in [5.74, 6) is 2.29. The van der Waals surface area contributed by atoms with Crippen molar-refractivity contribution in [3.05, 3.63) is 17.7 Å². The zero-order valence-corrected chi connectivity index (χ0v) is 14.5. The minimum Gasteiger partial charge on any atom is -0.493 e. The molecule has 0 aromatic heterocycles. The van der Waals surface area contributed by atoms with Crippen LogP contribution in [-0.2, 0) is 0 Å². The van der Waals surface area contributed by atoms with Gasteiger partial charge in [-0.25, -0.2) is 0 Å². The molecule has 1 fully saturated rings. The number of hydrogen-bond acceptors (Lipinski definition) is 5. The van der Waals surface area contributed by atoms with Crippen LogP contribution in [0.5, 0.6) is 17.2 Å². The number of ether oxygens (including phenoxy) is 3. The molecule has 0 atom stereocenters. The van der Waals surface area contributed by atoms with E-state index >= 15 is 0 Å². The van der Waals surface area contributed by atoms with Crippen LogP contribution in [0.2, 0.25) is 0 Å². The molecule has 1 saturated heterocycles. The standard InChI is InChI=1S/C18H26N2O4/c1-20-7-4-13(5-8-20)3-6-19-18(21)14-11-15(22-2)17-16(12-14)23-9-10-24-17/h11-13H,3-10H2,1-2H3,(H,19,21). The minimum atomic E-state index is -0.0989. The number of benzene rings is 1. The first-order valence-corrected chi connectivity index (χ1v) is 8.61. The van der Waals surface area contributed by atoms with Gasteiger partial charge in [-0.1, -0.05) is 0 Å². The van der Waals surface area contributed by atoms with Crippen molar-refractivity contribution in [2.24, 2.45) is 5.92 Å². The maximum Gasteiger partial charge on any atom is 0.251 e. The van der Waals surface area contributed by atoms with Crippen LogP contribution in [0.3, 0.4) is 0 Å². The second kappa shape index (κ2) is 7.75. The third-order valence-electron chi connectivity index (χ3n) is 4.77. The number of fused-ring (bicyclic) bond motifs is 1. The fourth-order valence-electron chi connectivity index (χ4n) is 3.25. The largest absolute Gasteiger partial charge is 0.493 e. The van der Waals surface area contributed by atoms with E-state index in [4.69, 9.17) is 14.2 Å². The van der Waals surface area contributed by atoms with Crippen LogP contribution in [0, 0.1) is 5.92 Å². The molecule has 2 aliphatic rings. The van der Waals surface area contributed by atoms with Gasteiger partial charge < -0.3 is 24.4 Å². The van der Waals surface area contributed by atoms with E-state index in [1.807, 2.05) is 0 Å². The van der Waals surface area contributed by atoms with Gasteiger partial charge in [-0.05, 0) is 57.5 Å². The highest BCUT2D eigenvalue weighted by Crippen LogP contribution is 2.40. The zero-order chi connectivity index (χ0) is 16.9. The maximum atomic E-state index is 12.4. The van der Waals surface area contributed by atoms with Gasteiger partial charge in [0.05, 0.1) is 7.11 Å². The molecule has 6 heteroatoms. The van der Waals surface area contributed by atoms with Crippen LogP contribution >= 0.6 is 0 Å². The Kier molecular flexibility index (Phi) is 5.45. The van der Waals surface area contributed by atoms with Crippen molar-refractivity contribution >= 4 is 5.91 Å². The van der Waals surface area contributed by atoms with E-state index in [0.29, 0.717) is 48.5 Å². The number of amides is 1. The molecular weight excluding hydrogens is 308 g/mol. The Balaban J connectivity index is 1.57. The van der Waals surface area contributed by atoms with Gasteiger partial charge in [-0.3, -0.25) is 4.79 Å². The number of likely N-dealkylation sites (tertiary alicyclic amines) is 1. The number of hydrogen-bond donors (Lipinski definition) is 1. The van der Waals surface area contributed by atoms with Gasteiger partial charge >= 0.3 is 0 Å². The Labute approximate surface area is 143 Å². The fourth-order valence-corrected chi connectivity index (χ4v) is 3.25. The monoisotopic (exact) mass is 334 g/mol. The number of nitrogens with one attached hydrogen (secondary N) is 1. The van der Waals surface area contributed by atoms with Gasteiger partial charge in [0, 0.05) is 12.1 Å². The quantitative estimate of drug-likeness (QED) is 0.891. The highest BCUT2D eigenvalue weighted by molar-refractivity contribution is 5.95. The summed E-state index contributed by atoms with van der Waals surface area (Å²) in [5, 5.41) is 3.01. The van der Waals surface area contributed by atoms with Crippen LogP contribution in [0.25, 0.3) is 0 Å². The van der Waals surface area contributed by atoms with Gasteiger partial charge in [-0.2, -0.15) is 0 Å². The second-order valence-corrected chi connectivity index (χ2v) is 6.49. The molecule has 0 radical (unpaired) electrons. The van der Waals surface area contributed by atoms with Crippen molar-refractivity contribution in [3.63, 3.8) is 0 Å². The van der Waals surface area contributed by atoms with Gasteiger partial charge in [0.15, 0.2) is 11.5 Å². The molecule has 1 aromatic carbocycles. The summed E-state index contributed by atoms with van der Waals surface area (Å²) < 4.78 is 16.5. The summed E-state index contributed by atoms with van der Waals surface area (Å²) in [4.78, 5) is 14.8. The Bertz CT molecular complexity index is 565. The van der Waals surface area contributed by atoms with Gasteiger partial charge in [0.2, 0.25) is 5.75 Å². The third kappa shape index (κ3) is 3.93. The molecule has 3 rings (SSSR count). The van der Waals surface area contributed by atoms with Crippen molar-refractivity contribution in [2.75, 3.05) is 47.0 Å². The summed E-state index contributed by atoms with van der Waals surface area (Å²) in [6, 6.07) is 3.43. The number of piperidine rings is 1. The third-order valence-corrected chi connectivity index (χ3v) is 4.77. The van der Waals surface area contributed by atoms with E-state index < -0.39 is 0 Å². The van der Waals surface area contributed by atoms with Gasteiger partial charge in [0.1, 0.15) is 13.2 Å². The highest BCUT2D eigenvalue weighted by atomic mass is 16.6. The molecule has 132 valence electrons. The molecule has 0 saturated carbocycles. The van der Waals surface area contributed by atoms with Crippen LogP contribution in [0.1, 0.15) is 29.6 Å². The van der Waals surface area contributed by atoms with Crippen molar-refractivity contribution in [1.82, 2.24) is 10.2 Å². The fraction of sp³-hybridized carbons (Fsp3) is 0.611. The van der Waals surface area contributed by atoms with Crippen LogP contribution in [0.15, 0.2) is 12.1 Å². The normalized spacial score (nSPS) is 18.2. The number of methoxy groups -OCH3 is 1. The first-order chi connectivity index (χ1) is 11.7. The number of carbonyl (C=O) groups is 1. The molecule has 1 amide bonds. The molecule has 1 aromatic rings. The maximum absolute atomic E-state index is 12.4. The highest BCUT2D eigenvalue weighted by Gasteiger charge is 2.21. The molecule has 2 heterocycles. The lowest BCUT2D eigenvalue weighted by Crippen LogP contribution is -2.32. The Morgan fingerprint density at radius 3 is 2.79 bits per heavy atom. The molecule has 0 bridgehead atoms. The Hall–Kier alpha value is -1.95. The lowest BCUT2D eigenvalue weighted by Gasteiger charge is -2.28. The van der Waals surface area contributed by atoms with Crippen LogP contribution < -0.4 is 19.5 Å². The van der Waals surface area contributed by atoms with Crippen molar-refractivity contribution in [2.45, 2.75) is 19.3 Å². The summed E-state index contributed by atoms with van der Waals surface area (Å²) in [6.07, 6.45) is 3.45. The first-order valence-electron chi connectivity index (χ1n) is 8.61. The van der Waals surface area contributed by atoms with Crippen LogP contribution in [-0.4, -0.2) is 57.8 Å². The topological polar surface area (TPSA) is 60.0 Å². The second-order valence-electron chi connectivity index (χ2n) is 6.49. The van der Waals surface area contributed by atoms with E-state index in [1.54, 1.807) is 19.2 Å². The average Bonchev–Trinajstić information content (AvgIpc) is 2.62. The lowest BCUT2D eigenvalue weighted by atomic mass is 9.94. The number of rotatable bonds is 5. The molecule has 2 aliphatic heterocycles. The summed E-state index contributed by atoms with van der Waals surface area (Å²) in [5.41, 5.74) is 0.541. The Morgan fingerprint density at radius 1 is 1.29 bits per heavy atom. The van der Waals surface area contributed by atoms with Crippen LogP contribution in [0.4, 0.5) is 0 Å². The minimum absolute atomic E-state index is 0.0989. The van der Waals surface area contributed by atoms with E-state index in [9.17, 15) is 4.79 Å². The average molecular weight is 334 g/mol. The lowest BCUT2D eigenvalue weighted by molar-refractivity contribution is 0.0947. The first kappa shape index (κ1) is 16.9. The van der Waals surface area contributed by atoms with Gasteiger partial charge in [0.25, 0.3) is 5.91 Å². The van der Waals surface area contributed by atoms with Crippen molar-refractivity contribution in [1.29, 1.82) is 0 Å². The molecule has 0 aliphatic carbocycles. The Morgan fingerprint density at radius 2 is 2.04 bits per heavy atom. The van der Waals surface area contributed by atoms with Crippen molar-refractivity contribution < 1.29 is 19.0 Å². The SMILES string of the molecule is COc1cc(C(=O)NCCC2CCN(C)CC2)cc2c1OCCO2.